The van der Waals surface area contributed by atoms with Crippen molar-refractivity contribution in [2.75, 3.05) is 0 Å². The average molecular weight is 271 g/mol. The van der Waals surface area contributed by atoms with Crippen LogP contribution in [0.1, 0.15) is 48.4 Å². The summed E-state index contributed by atoms with van der Waals surface area (Å²) in [4.78, 5) is 12.0. The summed E-state index contributed by atoms with van der Waals surface area (Å²) in [6.07, 6.45) is 7.05. The molecular weight excluding hydrogens is 250 g/mol. The molecule has 4 heteroatoms. The molecule has 2 heterocycles. The van der Waals surface area contributed by atoms with E-state index in [1.54, 1.807) is 0 Å². The summed E-state index contributed by atoms with van der Waals surface area (Å²) < 4.78 is 4.12. The molecule has 3 rings (SSSR count). The fraction of sp³-hybridized carbons (Fsp3) is 0.500. The van der Waals surface area contributed by atoms with Crippen LogP contribution in [0.5, 0.6) is 0 Å². The predicted octanol–water partition coefficient (Wildman–Crippen LogP) is 2.91. The van der Waals surface area contributed by atoms with Crippen LogP contribution in [0.3, 0.4) is 0 Å². The normalized spacial score (nSPS) is 14.7. The molecule has 0 radical (unpaired) electrons. The van der Waals surface area contributed by atoms with Crippen molar-refractivity contribution in [1.82, 2.24) is 14.3 Å². The maximum absolute atomic E-state index is 12.0. The maximum atomic E-state index is 12.0. The van der Waals surface area contributed by atoms with E-state index < -0.39 is 0 Å². The van der Waals surface area contributed by atoms with E-state index in [0.717, 1.165) is 43.6 Å². The molecule has 0 bridgehead atoms. The molecule has 0 atom stereocenters. The minimum Gasteiger partial charge on any atom is -0.348 e. The number of carbonyl (C=O) groups is 1. The highest BCUT2D eigenvalue weighted by Gasteiger charge is 2.30. The molecule has 1 aliphatic rings. The van der Waals surface area contributed by atoms with Gasteiger partial charge >= 0.3 is 0 Å². The summed E-state index contributed by atoms with van der Waals surface area (Å²) in [7, 11) is 0. The fourth-order valence-electron chi connectivity index (χ4n) is 2.54. The first-order chi connectivity index (χ1) is 9.71. The fourth-order valence-corrected chi connectivity index (χ4v) is 2.54. The van der Waals surface area contributed by atoms with Gasteiger partial charge in [0.1, 0.15) is 0 Å². The topological polar surface area (TPSA) is 39.8 Å². The van der Waals surface area contributed by atoms with Crippen LogP contribution >= 0.6 is 0 Å². The molecule has 0 unspecified atom stereocenters. The number of nitrogens with zero attached hydrogens (tertiary/aromatic N) is 3. The highest BCUT2D eigenvalue weighted by atomic mass is 16.1. The first-order valence-electron chi connectivity index (χ1n) is 7.46. The Morgan fingerprint density at radius 1 is 1.40 bits per heavy atom. The zero-order valence-electron chi connectivity index (χ0n) is 12.2. The van der Waals surface area contributed by atoms with Crippen molar-refractivity contribution in [3.63, 3.8) is 0 Å². The largest absolute Gasteiger partial charge is 0.348 e. The van der Waals surface area contributed by atoms with Crippen molar-refractivity contribution >= 4 is 5.78 Å². The van der Waals surface area contributed by atoms with E-state index >= 15 is 0 Å². The van der Waals surface area contributed by atoms with Crippen molar-refractivity contribution in [3.8, 4) is 0 Å². The van der Waals surface area contributed by atoms with Gasteiger partial charge in [-0.3, -0.25) is 9.48 Å². The summed E-state index contributed by atoms with van der Waals surface area (Å²) in [5, 5.41) is 4.56. The van der Waals surface area contributed by atoms with Crippen LogP contribution in [0.2, 0.25) is 0 Å². The van der Waals surface area contributed by atoms with Gasteiger partial charge in [-0.05, 0) is 38.3 Å². The maximum Gasteiger partial charge on any atom is 0.167 e. The lowest BCUT2D eigenvalue weighted by atomic mass is 10.1. The summed E-state index contributed by atoms with van der Waals surface area (Å²) in [6, 6.07) is 4.10. The molecule has 2 aromatic heterocycles. The molecule has 2 aromatic rings. The number of Topliss-reactive ketones (excluding diaryl/α,β-unsaturated/α-hetero) is 1. The molecule has 0 aliphatic heterocycles. The average Bonchev–Trinajstić information content (AvgIpc) is 3.08. The predicted molar refractivity (Wildman–Crippen MR) is 77.9 cm³/mol. The van der Waals surface area contributed by atoms with Crippen molar-refractivity contribution in [3.05, 3.63) is 41.5 Å². The second-order valence-corrected chi connectivity index (χ2v) is 5.51. The molecule has 0 amide bonds. The molecule has 20 heavy (non-hydrogen) atoms. The Bertz CT molecular complexity index is 619. The molecule has 1 fully saturated rings. The van der Waals surface area contributed by atoms with Gasteiger partial charge in [0.15, 0.2) is 5.78 Å². The van der Waals surface area contributed by atoms with E-state index in [1.807, 2.05) is 23.1 Å². The van der Waals surface area contributed by atoms with Crippen LogP contribution in [0.25, 0.3) is 0 Å². The minimum atomic E-state index is 0.290. The minimum absolute atomic E-state index is 0.290. The third kappa shape index (κ3) is 2.55. The third-order valence-electron chi connectivity index (χ3n) is 3.90. The zero-order valence-corrected chi connectivity index (χ0v) is 12.2. The van der Waals surface area contributed by atoms with E-state index in [4.69, 9.17) is 0 Å². The number of aromatic nitrogens is 3. The number of rotatable bonds is 6. The van der Waals surface area contributed by atoms with Gasteiger partial charge < -0.3 is 4.57 Å². The summed E-state index contributed by atoms with van der Waals surface area (Å²) in [5.41, 5.74) is 3.18. The molecule has 0 spiro atoms. The second-order valence-electron chi connectivity index (χ2n) is 5.51. The lowest BCUT2D eigenvalue weighted by Crippen LogP contribution is -2.07. The Labute approximate surface area is 119 Å². The van der Waals surface area contributed by atoms with E-state index in [1.165, 1.54) is 5.69 Å². The van der Waals surface area contributed by atoms with Gasteiger partial charge in [-0.15, -0.1) is 0 Å². The summed E-state index contributed by atoms with van der Waals surface area (Å²) >= 11 is 0. The highest BCUT2D eigenvalue weighted by molar-refractivity contribution is 5.99. The lowest BCUT2D eigenvalue weighted by molar-refractivity contribution is 0.0967. The van der Waals surface area contributed by atoms with E-state index in [2.05, 4.69) is 29.6 Å². The van der Waals surface area contributed by atoms with Crippen LogP contribution in [0.15, 0.2) is 24.5 Å². The van der Waals surface area contributed by atoms with Gasteiger partial charge in [-0.2, -0.15) is 5.10 Å². The molecule has 0 N–H and O–H groups in total. The van der Waals surface area contributed by atoms with Crippen LogP contribution in [0.4, 0.5) is 0 Å². The van der Waals surface area contributed by atoms with Crippen molar-refractivity contribution < 1.29 is 4.79 Å². The Morgan fingerprint density at radius 2 is 2.20 bits per heavy atom. The number of ketones is 1. The summed E-state index contributed by atoms with van der Waals surface area (Å²) in [6.45, 7) is 5.88. The van der Waals surface area contributed by atoms with Crippen LogP contribution < -0.4 is 0 Å². The second kappa shape index (κ2) is 5.27. The SMILES string of the molecule is CCc1cc(Cn2ccc(C(=O)C3CC3)c2)n(CC)n1. The molecule has 1 aliphatic carbocycles. The van der Waals surface area contributed by atoms with Crippen molar-refractivity contribution in [2.24, 2.45) is 5.92 Å². The Hall–Kier alpha value is -1.84. The molecule has 0 saturated heterocycles. The van der Waals surface area contributed by atoms with E-state index in [9.17, 15) is 4.79 Å². The Kier molecular flexibility index (Phi) is 3.47. The number of hydrogen-bond acceptors (Lipinski definition) is 2. The van der Waals surface area contributed by atoms with Gasteiger partial charge in [0.05, 0.1) is 17.9 Å². The van der Waals surface area contributed by atoms with Crippen molar-refractivity contribution in [2.45, 2.75) is 46.2 Å². The number of aryl methyl sites for hydroxylation is 2. The Morgan fingerprint density at radius 3 is 2.85 bits per heavy atom. The van der Waals surface area contributed by atoms with Gasteiger partial charge in [-0.1, -0.05) is 6.92 Å². The smallest absolute Gasteiger partial charge is 0.167 e. The first kappa shape index (κ1) is 13.2. The van der Waals surface area contributed by atoms with Crippen LogP contribution in [-0.4, -0.2) is 20.1 Å². The van der Waals surface area contributed by atoms with Gasteiger partial charge in [0.2, 0.25) is 0 Å². The standard InChI is InChI=1S/C16H21N3O/c1-3-14-9-15(19(4-2)17-14)11-18-8-7-13(10-18)16(20)12-5-6-12/h7-10,12H,3-6,11H2,1-2H3. The Balaban J connectivity index is 1.77. The zero-order chi connectivity index (χ0) is 14.1. The molecule has 1 saturated carbocycles. The number of carbonyl (C=O) groups excluding carboxylic acids is 1. The van der Waals surface area contributed by atoms with Gasteiger partial charge in [0.25, 0.3) is 0 Å². The summed E-state index contributed by atoms with van der Waals surface area (Å²) in [5.74, 6) is 0.598. The molecule has 0 aromatic carbocycles. The van der Waals surface area contributed by atoms with Crippen LogP contribution in [-0.2, 0) is 19.5 Å². The number of hydrogen-bond donors (Lipinski definition) is 0. The third-order valence-corrected chi connectivity index (χ3v) is 3.90. The van der Waals surface area contributed by atoms with Crippen molar-refractivity contribution in [1.29, 1.82) is 0 Å². The van der Waals surface area contributed by atoms with E-state index in [0.29, 0.717) is 11.7 Å². The molecule has 4 nitrogen and oxygen atoms in total. The lowest BCUT2D eigenvalue weighted by Gasteiger charge is -2.05. The van der Waals surface area contributed by atoms with Crippen LogP contribution in [0, 0.1) is 5.92 Å². The molecular formula is C16H21N3O. The van der Waals surface area contributed by atoms with Gasteiger partial charge in [-0.25, -0.2) is 0 Å². The van der Waals surface area contributed by atoms with Gasteiger partial charge in [0, 0.05) is 30.4 Å². The monoisotopic (exact) mass is 271 g/mol. The van der Waals surface area contributed by atoms with E-state index in [-0.39, 0.29) is 0 Å². The molecule has 106 valence electrons. The quantitative estimate of drug-likeness (QED) is 0.758. The first-order valence-corrected chi connectivity index (χ1v) is 7.46. The highest BCUT2D eigenvalue weighted by Crippen LogP contribution is 2.32.